The van der Waals surface area contributed by atoms with Gasteiger partial charge in [0.25, 0.3) is 5.91 Å². The highest BCUT2D eigenvalue weighted by Gasteiger charge is 2.36. The van der Waals surface area contributed by atoms with Crippen molar-refractivity contribution in [1.82, 2.24) is 10.2 Å². The van der Waals surface area contributed by atoms with Crippen molar-refractivity contribution in [3.63, 3.8) is 0 Å². The molecule has 0 spiro atoms. The molecule has 0 aliphatic carbocycles. The van der Waals surface area contributed by atoms with Gasteiger partial charge in [-0.3, -0.25) is 9.89 Å². The van der Waals surface area contributed by atoms with Gasteiger partial charge in [0, 0.05) is 5.56 Å². The first kappa shape index (κ1) is 13.6. The molecule has 0 radical (unpaired) electrons. The van der Waals surface area contributed by atoms with Gasteiger partial charge >= 0.3 is 6.18 Å². The number of aryl methyl sites for hydroxylation is 1. The van der Waals surface area contributed by atoms with Gasteiger partial charge in [0.1, 0.15) is 5.69 Å². The smallest absolute Gasteiger partial charge is 0.304 e. The molecular formula is C11H10F3N3OS. The van der Waals surface area contributed by atoms with Crippen molar-refractivity contribution in [1.29, 1.82) is 0 Å². The standard InChI is InChI=1S/C11H10F3N3OS/c1-5-3-4-19-7(5)10(18)15-9-6(2)8(16-17-9)11(12,13)14/h3-4H,1-2H3,(H2,15,16,17,18). The van der Waals surface area contributed by atoms with Crippen molar-refractivity contribution in [2.24, 2.45) is 0 Å². The molecule has 0 aromatic carbocycles. The largest absolute Gasteiger partial charge is 0.433 e. The number of carbonyl (C=O) groups is 1. The summed E-state index contributed by atoms with van der Waals surface area (Å²) in [4.78, 5) is 12.3. The number of thiophene rings is 1. The molecule has 2 aromatic heterocycles. The van der Waals surface area contributed by atoms with Gasteiger partial charge in [-0.15, -0.1) is 11.3 Å². The molecule has 0 saturated heterocycles. The summed E-state index contributed by atoms with van der Waals surface area (Å²) >= 11 is 1.22. The fourth-order valence-electron chi connectivity index (χ4n) is 1.57. The summed E-state index contributed by atoms with van der Waals surface area (Å²) in [7, 11) is 0. The maximum Gasteiger partial charge on any atom is 0.433 e. The number of aromatic nitrogens is 2. The summed E-state index contributed by atoms with van der Waals surface area (Å²) in [5.41, 5.74) is -0.313. The second-order valence-electron chi connectivity index (χ2n) is 3.96. The van der Waals surface area contributed by atoms with E-state index in [1.807, 2.05) is 5.10 Å². The quantitative estimate of drug-likeness (QED) is 0.890. The first-order valence-corrected chi connectivity index (χ1v) is 6.16. The Morgan fingerprint density at radius 1 is 1.42 bits per heavy atom. The molecule has 1 amide bonds. The fraction of sp³-hybridized carbons (Fsp3) is 0.273. The van der Waals surface area contributed by atoms with E-state index in [4.69, 9.17) is 0 Å². The van der Waals surface area contributed by atoms with Crippen LogP contribution in [0.3, 0.4) is 0 Å². The van der Waals surface area contributed by atoms with Crippen LogP contribution >= 0.6 is 11.3 Å². The normalized spacial score (nSPS) is 11.6. The van der Waals surface area contributed by atoms with Gasteiger partial charge in [0.15, 0.2) is 5.82 Å². The predicted octanol–water partition coefficient (Wildman–Crippen LogP) is 3.36. The highest BCUT2D eigenvalue weighted by Crippen LogP contribution is 2.32. The number of hydrogen-bond donors (Lipinski definition) is 2. The molecule has 8 heteroatoms. The average Bonchev–Trinajstić information content (AvgIpc) is 2.85. The Bertz CT molecular complexity index is 615. The van der Waals surface area contributed by atoms with E-state index in [1.165, 1.54) is 18.3 Å². The van der Waals surface area contributed by atoms with Crippen LogP contribution in [0, 0.1) is 13.8 Å². The molecule has 2 heterocycles. The molecule has 0 aliphatic heterocycles. The maximum absolute atomic E-state index is 12.6. The monoisotopic (exact) mass is 289 g/mol. The maximum atomic E-state index is 12.6. The lowest BCUT2D eigenvalue weighted by molar-refractivity contribution is -0.141. The Morgan fingerprint density at radius 2 is 2.11 bits per heavy atom. The van der Waals surface area contributed by atoms with Gasteiger partial charge in [0.05, 0.1) is 4.88 Å². The van der Waals surface area contributed by atoms with Gasteiger partial charge in [-0.1, -0.05) is 0 Å². The van der Waals surface area contributed by atoms with E-state index >= 15 is 0 Å². The van der Waals surface area contributed by atoms with Crippen LogP contribution in [-0.4, -0.2) is 16.1 Å². The Balaban J connectivity index is 2.24. The molecule has 0 atom stereocenters. The van der Waals surface area contributed by atoms with E-state index in [1.54, 1.807) is 18.4 Å². The van der Waals surface area contributed by atoms with Crippen molar-refractivity contribution < 1.29 is 18.0 Å². The molecular weight excluding hydrogens is 279 g/mol. The number of amides is 1. The number of rotatable bonds is 2. The van der Waals surface area contributed by atoms with Crippen LogP contribution in [0.5, 0.6) is 0 Å². The van der Waals surface area contributed by atoms with Crippen molar-refractivity contribution >= 4 is 23.1 Å². The van der Waals surface area contributed by atoms with Crippen LogP contribution in [-0.2, 0) is 6.18 Å². The highest BCUT2D eigenvalue weighted by atomic mass is 32.1. The van der Waals surface area contributed by atoms with Crippen molar-refractivity contribution in [2.45, 2.75) is 20.0 Å². The van der Waals surface area contributed by atoms with Gasteiger partial charge in [-0.05, 0) is 30.9 Å². The summed E-state index contributed by atoms with van der Waals surface area (Å²) < 4.78 is 37.7. The predicted molar refractivity (Wildman–Crippen MR) is 65.3 cm³/mol. The van der Waals surface area contributed by atoms with E-state index in [2.05, 4.69) is 10.4 Å². The zero-order valence-corrected chi connectivity index (χ0v) is 10.9. The average molecular weight is 289 g/mol. The Hall–Kier alpha value is -1.83. The number of halogens is 3. The number of carbonyl (C=O) groups excluding carboxylic acids is 1. The number of hydrogen-bond acceptors (Lipinski definition) is 3. The summed E-state index contributed by atoms with van der Waals surface area (Å²) in [6.45, 7) is 3.01. The highest BCUT2D eigenvalue weighted by molar-refractivity contribution is 7.12. The molecule has 102 valence electrons. The van der Waals surface area contributed by atoms with E-state index in [9.17, 15) is 18.0 Å². The molecule has 0 saturated carbocycles. The summed E-state index contributed by atoms with van der Waals surface area (Å²) in [6, 6.07) is 1.76. The van der Waals surface area contributed by atoms with Crippen molar-refractivity contribution in [2.75, 3.05) is 5.32 Å². The molecule has 2 rings (SSSR count). The van der Waals surface area contributed by atoms with Gasteiger partial charge in [-0.25, -0.2) is 0 Å². The lowest BCUT2D eigenvalue weighted by atomic mass is 10.2. The lowest BCUT2D eigenvalue weighted by Gasteiger charge is -2.05. The van der Waals surface area contributed by atoms with Crippen molar-refractivity contribution in [3.05, 3.63) is 33.1 Å². The first-order valence-electron chi connectivity index (χ1n) is 5.28. The molecule has 0 aliphatic rings. The zero-order valence-electron chi connectivity index (χ0n) is 10.1. The van der Waals surface area contributed by atoms with E-state index < -0.39 is 17.8 Å². The topological polar surface area (TPSA) is 57.8 Å². The minimum absolute atomic E-state index is 0.106. The Kier molecular flexibility index (Phi) is 3.36. The molecule has 2 N–H and O–H groups in total. The summed E-state index contributed by atoms with van der Waals surface area (Å²) in [5.74, 6) is -0.569. The summed E-state index contributed by atoms with van der Waals surface area (Å²) in [5, 5.41) is 9.50. The number of aromatic amines is 1. The molecule has 0 unspecified atom stereocenters. The molecule has 4 nitrogen and oxygen atoms in total. The lowest BCUT2D eigenvalue weighted by Crippen LogP contribution is -2.13. The second kappa shape index (κ2) is 4.69. The molecule has 19 heavy (non-hydrogen) atoms. The van der Waals surface area contributed by atoms with Crippen LogP contribution in [0.4, 0.5) is 19.0 Å². The Labute approximate surface area is 110 Å². The van der Waals surface area contributed by atoms with Gasteiger partial charge < -0.3 is 5.32 Å². The van der Waals surface area contributed by atoms with E-state index in [-0.39, 0.29) is 11.4 Å². The molecule has 2 aromatic rings. The van der Waals surface area contributed by atoms with Crippen molar-refractivity contribution in [3.8, 4) is 0 Å². The third-order valence-corrected chi connectivity index (χ3v) is 3.61. The zero-order chi connectivity index (χ0) is 14.2. The SMILES string of the molecule is Cc1ccsc1C(=O)Nc1n[nH]c(C(F)(F)F)c1C. The number of nitrogens with zero attached hydrogens (tertiary/aromatic N) is 1. The van der Waals surface area contributed by atoms with Gasteiger partial charge in [0.2, 0.25) is 0 Å². The number of nitrogens with one attached hydrogen (secondary N) is 2. The first-order chi connectivity index (χ1) is 8.80. The molecule has 0 fully saturated rings. The van der Waals surface area contributed by atoms with Crippen LogP contribution in [0.1, 0.15) is 26.5 Å². The second-order valence-corrected chi connectivity index (χ2v) is 4.87. The summed E-state index contributed by atoms with van der Waals surface area (Å²) in [6.07, 6.45) is -4.51. The van der Waals surface area contributed by atoms with E-state index in [0.29, 0.717) is 4.88 Å². The van der Waals surface area contributed by atoms with Crippen LogP contribution in [0.15, 0.2) is 11.4 Å². The van der Waals surface area contributed by atoms with E-state index in [0.717, 1.165) is 5.56 Å². The van der Waals surface area contributed by atoms with Crippen LogP contribution in [0.25, 0.3) is 0 Å². The fourth-order valence-corrected chi connectivity index (χ4v) is 2.39. The minimum atomic E-state index is -4.51. The van der Waals surface area contributed by atoms with Crippen LogP contribution in [0.2, 0.25) is 0 Å². The Morgan fingerprint density at radius 3 is 2.58 bits per heavy atom. The number of H-pyrrole nitrogens is 1. The molecule has 0 bridgehead atoms. The van der Waals surface area contributed by atoms with Crippen LogP contribution < -0.4 is 5.32 Å². The minimum Gasteiger partial charge on any atom is -0.304 e. The third kappa shape index (κ3) is 2.62. The third-order valence-electron chi connectivity index (χ3n) is 2.59. The van der Waals surface area contributed by atoms with Gasteiger partial charge in [-0.2, -0.15) is 18.3 Å². The number of anilines is 1. The number of alkyl halides is 3.